The molecule has 0 radical (unpaired) electrons. The van der Waals surface area contributed by atoms with Crippen molar-refractivity contribution in [2.45, 2.75) is 13.3 Å². The highest BCUT2D eigenvalue weighted by Gasteiger charge is 2.09. The first-order valence-electron chi connectivity index (χ1n) is 4.46. The maximum absolute atomic E-state index is 5.32. The molecule has 0 saturated carbocycles. The zero-order valence-electron chi connectivity index (χ0n) is 8.12. The summed E-state index contributed by atoms with van der Waals surface area (Å²) in [4.78, 5) is 0. The number of hydrogen-bond acceptors (Lipinski definition) is 2. The van der Waals surface area contributed by atoms with Gasteiger partial charge in [-0.3, -0.25) is 0 Å². The third-order valence-corrected chi connectivity index (χ3v) is 2.65. The molecule has 0 aliphatic carbocycles. The Kier molecular flexibility index (Phi) is 2.46. The fraction of sp³-hybridized carbons (Fsp3) is 0.300. The Morgan fingerprint density at radius 2 is 2.36 bits per heavy atom. The number of pyridine rings is 1. The molecule has 0 amide bonds. The number of fused-ring (bicyclic) bond motifs is 1. The van der Waals surface area contributed by atoms with Crippen LogP contribution in [-0.2, 0) is 6.42 Å². The summed E-state index contributed by atoms with van der Waals surface area (Å²) < 4.78 is 8.12. The molecule has 0 aliphatic rings. The Labute approximate surface area is 90.8 Å². The molecule has 0 aliphatic heterocycles. The van der Waals surface area contributed by atoms with Crippen molar-refractivity contribution >= 4 is 21.4 Å². The highest BCUT2D eigenvalue weighted by Crippen LogP contribution is 2.27. The molecule has 2 aromatic rings. The number of ether oxygens (including phenoxy) is 1. The van der Waals surface area contributed by atoms with Gasteiger partial charge < -0.3 is 4.74 Å². The van der Waals surface area contributed by atoms with Crippen LogP contribution in [0.3, 0.4) is 0 Å². The van der Waals surface area contributed by atoms with E-state index in [1.165, 1.54) is 5.56 Å². The summed E-state index contributed by atoms with van der Waals surface area (Å²) >= 11 is 3.41. The molecule has 14 heavy (non-hydrogen) atoms. The largest absolute Gasteiger partial charge is 0.494 e. The van der Waals surface area contributed by atoms with Crippen LogP contribution in [0.1, 0.15) is 12.5 Å². The van der Waals surface area contributed by atoms with Crippen LogP contribution in [-0.4, -0.2) is 16.7 Å². The summed E-state index contributed by atoms with van der Waals surface area (Å²) in [5.74, 6) is 0.855. The van der Waals surface area contributed by atoms with E-state index in [0.717, 1.165) is 22.2 Å². The molecule has 0 unspecified atom stereocenters. The summed E-state index contributed by atoms with van der Waals surface area (Å²) in [5, 5.41) is 4.27. The topological polar surface area (TPSA) is 26.5 Å². The third kappa shape index (κ3) is 1.39. The van der Waals surface area contributed by atoms with Gasteiger partial charge in [0.25, 0.3) is 0 Å². The number of halogens is 1. The van der Waals surface area contributed by atoms with Crippen LogP contribution in [0.4, 0.5) is 0 Å². The zero-order valence-corrected chi connectivity index (χ0v) is 9.71. The van der Waals surface area contributed by atoms with Crippen LogP contribution in [0.25, 0.3) is 5.52 Å². The lowest BCUT2D eigenvalue weighted by atomic mass is 10.2. The van der Waals surface area contributed by atoms with Crippen LogP contribution in [0.5, 0.6) is 5.75 Å². The predicted octanol–water partition coefficient (Wildman–Crippen LogP) is 2.67. The van der Waals surface area contributed by atoms with Gasteiger partial charge in [0.2, 0.25) is 0 Å². The number of hydrogen-bond donors (Lipinski definition) is 0. The molecule has 0 aromatic carbocycles. The van der Waals surface area contributed by atoms with Crippen molar-refractivity contribution < 1.29 is 4.74 Å². The van der Waals surface area contributed by atoms with E-state index in [0.29, 0.717) is 0 Å². The summed E-state index contributed by atoms with van der Waals surface area (Å²) in [6, 6.07) is 1.95. The average Bonchev–Trinajstić information content (AvgIpc) is 2.59. The molecule has 0 atom stereocenters. The molecule has 0 bridgehead atoms. The lowest BCUT2D eigenvalue weighted by Gasteiger charge is -2.04. The van der Waals surface area contributed by atoms with E-state index in [1.807, 2.05) is 23.0 Å². The van der Waals surface area contributed by atoms with Crippen molar-refractivity contribution in [1.29, 1.82) is 0 Å². The van der Waals surface area contributed by atoms with Gasteiger partial charge in [-0.2, -0.15) is 5.10 Å². The van der Waals surface area contributed by atoms with E-state index in [4.69, 9.17) is 4.74 Å². The van der Waals surface area contributed by atoms with Gasteiger partial charge in [0.05, 0.1) is 13.3 Å². The van der Waals surface area contributed by atoms with Crippen LogP contribution in [0.2, 0.25) is 0 Å². The number of aromatic nitrogens is 2. The molecule has 4 heteroatoms. The van der Waals surface area contributed by atoms with E-state index >= 15 is 0 Å². The fourth-order valence-electron chi connectivity index (χ4n) is 1.53. The van der Waals surface area contributed by atoms with Gasteiger partial charge in [0.15, 0.2) is 0 Å². The maximum atomic E-state index is 5.32. The first-order chi connectivity index (χ1) is 6.76. The zero-order chi connectivity index (χ0) is 10.1. The van der Waals surface area contributed by atoms with Gasteiger partial charge in [0.1, 0.15) is 11.3 Å². The lowest BCUT2D eigenvalue weighted by Crippen LogP contribution is -1.92. The molecular weight excluding hydrogens is 244 g/mol. The predicted molar refractivity (Wildman–Crippen MR) is 58.8 cm³/mol. The Balaban J connectivity index is 2.78. The summed E-state index contributed by atoms with van der Waals surface area (Å²) in [5.41, 5.74) is 2.26. The van der Waals surface area contributed by atoms with E-state index in [-0.39, 0.29) is 0 Å². The second-order valence-electron chi connectivity index (χ2n) is 3.04. The van der Waals surface area contributed by atoms with E-state index in [9.17, 15) is 0 Å². The minimum absolute atomic E-state index is 0.855. The minimum atomic E-state index is 0.855. The van der Waals surface area contributed by atoms with Gasteiger partial charge in [-0.1, -0.05) is 6.92 Å². The van der Waals surface area contributed by atoms with Crippen molar-refractivity contribution in [2.75, 3.05) is 7.11 Å². The molecule has 0 saturated heterocycles. The molecule has 0 fully saturated rings. The van der Waals surface area contributed by atoms with E-state index in [2.05, 4.69) is 28.0 Å². The number of methoxy groups -OCH3 is 1. The van der Waals surface area contributed by atoms with E-state index in [1.54, 1.807) is 7.11 Å². The SMILES string of the molecule is CCc1cnn2cc(Br)cc(OC)c12. The normalized spacial score (nSPS) is 10.8. The molecular formula is C10H11BrN2O. The fourth-order valence-corrected chi connectivity index (χ4v) is 1.93. The second kappa shape index (κ2) is 3.61. The molecule has 0 spiro atoms. The lowest BCUT2D eigenvalue weighted by molar-refractivity contribution is 0.417. The van der Waals surface area contributed by atoms with Crippen LogP contribution in [0, 0.1) is 0 Å². The molecule has 2 rings (SSSR count). The maximum Gasteiger partial charge on any atom is 0.146 e. The van der Waals surface area contributed by atoms with Gasteiger partial charge in [-0.25, -0.2) is 4.52 Å². The summed E-state index contributed by atoms with van der Waals surface area (Å²) in [6.45, 7) is 2.11. The van der Waals surface area contributed by atoms with E-state index < -0.39 is 0 Å². The van der Waals surface area contributed by atoms with Gasteiger partial charge in [-0.05, 0) is 28.4 Å². The Bertz CT molecular complexity index is 464. The Hall–Kier alpha value is -1.03. The van der Waals surface area contributed by atoms with Crippen molar-refractivity contribution in [1.82, 2.24) is 9.61 Å². The monoisotopic (exact) mass is 254 g/mol. The van der Waals surface area contributed by atoms with Crippen molar-refractivity contribution in [3.8, 4) is 5.75 Å². The molecule has 74 valence electrons. The van der Waals surface area contributed by atoms with Crippen molar-refractivity contribution in [2.24, 2.45) is 0 Å². The third-order valence-electron chi connectivity index (χ3n) is 2.22. The quantitative estimate of drug-likeness (QED) is 0.824. The van der Waals surface area contributed by atoms with Crippen LogP contribution < -0.4 is 4.74 Å². The average molecular weight is 255 g/mol. The first kappa shape index (κ1) is 9.52. The van der Waals surface area contributed by atoms with Gasteiger partial charge in [-0.15, -0.1) is 0 Å². The van der Waals surface area contributed by atoms with Crippen LogP contribution in [0.15, 0.2) is 22.9 Å². The Morgan fingerprint density at radius 1 is 1.57 bits per heavy atom. The molecule has 3 nitrogen and oxygen atoms in total. The Morgan fingerprint density at radius 3 is 3.00 bits per heavy atom. The highest BCUT2D eigenvalue weighted by molar-refractivity contribution is 9.10. The molecule has 2 aromatic heterocycles. The van der Waals surface area contributed by atoms with Crippen LogP contribution >= 0.6 is 15.9 Å². The number of rotatable bonds is 2. The van der Waals surface area contributed by atoms with Gasteiger partial charge in [0, 0.05) is 16.2 Å². The number of nitrogens with zero attached hydrogens (tertiary/aromatic N) is 2. The summed E-state index contributed by atoms with van der Waals surface area (Å²) in [7, 11) is 1.67. The molecule has 2 heterocycles. The standard InChI is InChI=1S/C10H11BrN2O/c1-3-7-5-12-13-6-8(11)4-9(14-2)10(7)13/h4-6H,3H2,1-2H3. The first-order valence-corrected chi connectivity index (χ1v) is 5.25. The smallest absolute Gasteiger partial charge is 0.146 e. The van der Waals surface area contributed by atoms with Crippen molar-refractivity contribution in [3.63, 3.8) is 0 Å². The highest BCUT2D eigenvalue weighted by atomic mass is 79.9. The second-order valence-corrected chi connectivity index (χ2v) is 3.96. The van der Waals surface area contributed by atoms with Gasteiger partial charge >= 0.3 is 0 Å². The minimum Gasteiger partial charge on any atom is -0.494 e. The number of aryl methyl sites for hydroxylation is 1. The summed E-state index contributed by atoms with van der Waals surface area (Å²) in [6.07, 6.45) is 4.77. The molecule has 0 N–H and O–H groups in total. The van der Waals surface area contributed by atoms with Crippen molar-refractivity contribution in [3.05, 3.63) is 28.5 Å².